The number of aryl methyl sites for hydroxylation is 2. The average Bonchev–Trinajstić information content (AvgIpc) is 2.92. The Morgan fingerprint density at radius 3 is 2.83 bits per heavy atom. The minimum absolute atomic E-state index is 0.213. The first-order chi connectivity index (χ1) is 8.67. The summed E-state index contributed by atoms with van der Waals surface area (Å²) >= 11 is 5.40. The third-order valence-corrected chi connectivity index (χ3v) is 4.78. The zero-order chi connectivity index (χ0) is 13.1. The second-order valence-electron chi connectivity index (χ2n) is 4.15. The third kappa shape index (κ3) is 2.68. The van der Waals surface area contributed by atoms with E-state index in [-0.39, 0.29) is 6.04 Å². The van der Waals surface area contributed by atoms with Crippen molar-refractivity contribution in [1.82, 2.24) is 15.1 Å². The molecule has 0 aliphatic heterocycles. The molecule has 0 spiro atoms. The normalized spacial score (nSPS) is 12.9. The standard InChI is InChI=1S/C13H18BrN3S/c1-4-15-12(13-10(14)6-7-18-13)11-8-9(3)16-17(11)5-2/h6-8,12,15H,4-5H2,1-3H3. The predicted octanol–water partition coefficient (Wildman–Crippen LogP) is 3.73. The Kier molecular flexibility index (Phi) is 4.59. The molecule has 18 heavy (non-hydrogen) atoms. The maximum absolute atomic E-state index is 4.54. The van der Waals surface area contributed by atoms with Crippen LogP contribution in [-0.4, -0.2) is 16.3 Å². The van der Waals surface area contributed by atoms with Crippen molar-refractivity contribution in [3.8, 4) is 0 Å². The quantitative estimate of drug-likeness (QED) is 0.906. The number of rotatable bonds is 5. The van der Waals surface area contributed by atoms with E-state index in [1.54, 1.807) is 11.3 Å². The van der Waals surface area contributed by atoms with Gasteiger partial charge < -0.3 is 5.32 Å². The van der Waals surface area contributed by atoms with Crippen molar-refractivity contribution in [2.45, 2.75) is 33.4 Å². The van der Waals surface area contributed by atoms with Gasteiger partial charge >= 0.3 is 0 Å². The molecule has 0 aliphatic rings. The molecule has 2 aromatic rings. The van der Waals surface area contributed by atoms with Gasteiger partial charge in [-0.15, -0.1) is 11.3 Å². The minimum atomic E-state index is 0.213. The molecule has 2 aromatic heterocycles. The lowest BCUT2D eigenvalue weighted by Crippen LogP contribution is -2.24. The lowest BCUT2D eigenvalue weighted by molar-refractivity contribution is 0.545. The summed E-state index contributed by atoms with van der Waals surface area (Å²) < 4.78 is 3.24. The van der Waals surface area contributed by atoms with Crippen LogP contribution in [0.2, 0.25) is 0 Å². The third-order valence-electron chi connectivity index (χ3n) is 2.84. The van der Waals surface area contributed by atoms with Crippen LogP contribution in [0, 0.1) is 6.92 Å². The molecule has 0 aliphatic carbocycles. The van der Waals surface area contributed by atoms with Crippen molar-refractivity contribution in [2.24, 2.45) is 0 Å². The Balaban J connectivity index is 2.44. The second-order valence-corrected chi connectivity index (χ2v) is 5.95. The molecule has 1 unspecified atom stereocenters. The largest absolute Gasteiger partial charge is 0.305 e. The fourth-order valence-electron chi connectivity index (χ4n) is 2.10. The highest BCUT2D eigenvalue weighted by molar-refractivity contribution is 9.10. The first-order valence-corrected chi connectivity index (χ1v) is 7.85. The number of thiophene rings is 1. The van der Waals surface area contributed by atoms with E-state index in [2.05, 4.69) is 62.4 Å². The molecule has 1 N–H and O–H groups in total. The van der Waals surface area contributed by atoms with Crippen molar-refractivity contribution in [3.05, 3.63) is 38.3 Å². The first kappa shape index (κ1) is 13.8. The number of hydrogen-bond donors (Lipinski definition) is 1. The lowest BCUT2D eigenvalue weighted by atomic mass is 10.1. The van der Waals surface area contributed by atoms with Crippen LogP contribution in [0.1, 0.15) is 36.2 Å². The van der Waals surface area contributed by atoms with Gasteiger partial charge in [-0.2, -0.15) is 5.10 Å². The topological polar surface area (TPSA) is 29.9 Å². The average molecular weight is 328 g/mol. The lowest BCUT2D eigenvalue weighted by Gasteiger charge is -2.18. The van der Waals surface area contributed by atoms with E-state index >= 15 is 0 Å². The van der Waals surface area contributed by atoms with Gasteiger partial charge in [0.1, 0.15) is 0 Å². The molecule has 0 saturated heterocycles. The molecular weight excluding hydrogens is 310 g/mol. The predicted molar refractivity (Wildman–Crippen MR) is 80.2 cm³/mol. The Bertz CT molecular complexity index is 518. The van der Waals surface area contributed by atoms with Gasteiger partial charge in [-0.25, -0.2) is 0 Å². The van der Waals surface area contributed by atoms with E-state index < -0.39 is 0 Å². The van der Waals surface area contributed by atoms with E-state index in [9.17, 15) is 0 Å². The maximum atomic E-state index is 4.54. The van der Waals surface area contributed by atoms with Crippen molar-refractivity contribution in [3.63, 3.8) is 0 Å². The van der Waals surface area contributed by atoms with Gasteiger partial charge in [-0.1, -0.05) is 6.92 Å². The molecule has 0 saturated carbocycles. The molecule has 0 fully saturated rings. The molecule has 1 atom stereocenters. The highest BCUT2D eigenvalue weighted by Crippen LogP contribution is 2.33. The van der Waals surface area contributed by atoms with Crippen LogP contribution in [-0.2, 0) is 6.54 Å². The molecule has 0 aromatic carbocycles. The van der Waals surface area contributed by atoms with Crippen molar-refractivity contribution in [2.75, 3.05) is 6.54 Å². The van der Waals surface area contributed by atoms with Crippen LogP contribution >= 0.6 is 27.3 Å². The van der Waals surface area contributed by atoms with Crippen LogP contribution in [0.3, 0.4) is 0 Å². The van der Waals surface area contributed by atoms with Gasteiger partial charge in [0.15, 0.2) is 0 Å². The number of nitrogens with zero attached hydrogens (tertiary/aromatic N) is 2. The van der Waals surface area contributed by atoms with Crippen LogP contribution in [0.5, 0.6) is 0 Å². The van der Waals surface area contributed by atoms with Gasteiger partial charge in [-0.3, -0.25) is 4.68 Å². The molecular formula is C13H18BrN3S. The molecule has 0 radical (unpaired) electrons. The highest BCUT2D eigenvalue weighted by atomic mass is 79.9. The second kappa shape index (κ2) is 5.99. The van der Waals surface area contributed by atoms with Crippen LogP contribution in [0.25, 0.3) is 0 Å². The molecule has 2 heterocycles. The van der Waals surface area contributed by atoms with Crippen molar-refractivity contribution in [1.29, 1.82) is 0 Å². The van der Waals surface area contributed by atoms with E-state index in [0.29, 0.717) is 0 Å². The fraction of sp³-hybridized carbons (Fsp3) is 0.462. The Morgan fingerprint density at radius 2 is 2.28 bits per heavy atom. The minimum Gasteiger partial charge on any atom is -0.305 e. The first-order valence-electron chi connectivity index (χ1n) is 6.18. The number of hydrogen-bond acceptors (Lipinski definition) is 3. The zero-order valence-electron chi connectivity index (χ0n) is 10.9. The monoisotopic (exact) mass is 327 g/mol. The smallest absolute Gasteiger partial charge is 0.0853 e. The summed E-state index contributed by atoms with van der Waals surface area (Å²) in [6, 6.07) is 4.48. The van der Waals surface area contributed by atoms with E-state index in [4.69, 9.17) is 0 Å². The summed E-state index contributed by atoms with van der Waals surface area (Å²) in [6.45, 7) is 8.13. The molecule has 98 valence electrons. The van der Waals surface area contributed by atoms with Crippen LogP contribution in [0.4, 0.5) is 0 Å². The summed E-state index contributed by atoms with van der Waals surface area (Å²) in [5.74, 6) is 0. The van der Waals surface area contributed by atoms with Crippen molar-refractivity contribution < 1.29 is 0 Å². The van der Waals surface area contributed by atoms with Gasteiger partial charge in [-0.05, 0) is 53.8 Å². The van der Waals surface area contributed by atoms with Gasteiger partial charge in [0.2, 0.25) is 0 Å². The number of nitrogens with one attached hydrogen (secondary N) is 1. The summed E-state index contributed by atoms with van der Waals surface area (Å²) in [5.41, 5.74) is 2.31. The molecule has 5 heteroatoms. The Labute approximate surface area is 120 Å². The van der Waals surface area contributed by atoms with Crippen molar-refractivity contribution >= 4 is 27.3 Å². The molecule has 3 nitrogen and oxygen atoms in total. The van der Waals surface area contributed by atoms with E-state index in [0.717, 1.165) is 18.8 Å². The van der Waals surface area contributed by atoms with E-state index in [1.807, 2.05) is 6.92 Å². The number of halogens is 1. The van der Waals surface area contributed by atoms with Crippen LogP contribution in [0.15, 0.2) is 22.0 Å². The Hall–Kier alpha value is -0.650. The zero-order valence-corrected chi connectivity index (χ0v) is 13.3. The SMILES string of the molecule is CCNC(c1sccc1Br)c1cc(C)nn1CC. The van der Waals surface area contributed by atoms with Gasteiger partial charge in [0, 0.05) is 15.9 Å². The molecule has 2 rings (SSSR count). The number of aromatic nitrogens is 2. The summed E-state index contributed by atoms with van der Waals surface area (Å²) in [6.07, 6.45) is 0. The van der Waals surface area contributed by atoms with Crippen LogP contribution < -0.4 is 5.32 Å². The maximum Gasteiger partial charge on any atom is 0.0853 e. The summed E-state index contributed by atoms with van der Waals surface area (Å²) in [5, 5.41) is 10.2. The van der Waals surface area contributed by atoms with E-state index in [1.165, 1.54) is 15.0 Å². The fourth-order valence-corrected chi connectivity index (χ4v) is 3.79. The summed E-state index contributed by atoms with van der Waals surface area (Å²) in [4.78, 5) is 1.31. The summed E-state index contributed by atoms with van der Waals surface area (Å²) in [7, 11) is 0. The van der Waals surface area contributed by atoms with Gasteiger partial charge in [0.25, 0.3) is 0 Å². The Morgan fingerprint density at radius 1 is 1.50 bits per heavy atom. The molecule has 0 bridgehead atoms. The highest BCUT2D eigenvalue weighted by Gasteiger charge is 2.21. The molecule has 0 amide bonds. The van der Waals surface area contributed by atoms with Gasteiger partial charge in [0.05, 0.1) is 17.4 Å².